The fraction of sp³-hybridized carbons (Fsp3) is 0.235. The quantitative estimate of drug-likeness (QED) is 0.641. The van der Waals surface area contributed by atoms with E-state index in [4.69, 9.17) is 5.73 Å². The highest BCUT2D eigenvalue weighted by Crippen LogP contribution is 2.28. The first-order valence-electron chi connectivity index (χ1n) is 8.00. The number of anilines is 3. The number of benzene rings is 1. The van der Waals surface area contributed by atoms with Crippen LogP contribution >= 0.6 is 27.3 Å². The molecule has 0 aliphatic heterocycles. The Morgan fingerprint density at radius 1 is 1.35 bits per heavy atom. The zero-order chi connectivity index (χ0) is 18.8. The van der Waals surface area contributed by atoms with E-state index in [-0.39, 0.29) is 11.4 Å². The summed E-state index contributed by atoms with van der Waals surface area (Å²) in [4.78, 5) is 29.3. The predicted molar refractivity (Wildman–Crippen MR) is 109 cm³/mol. The van der Waals surface area contributed by atoms with Crippen LogP contribution in [0.4, 0.5) is 16.6 Å². The molecule has 0 unspecified atom stereocenters. The number of nitrogens with two attached hydrogens (primary N) is 1. The fourth-order valence-electron chi connectivity index (χ4n) is 2.60. The normalized spacial score (nSPS) is 10.9. The van der Waals surface area contributed by atoms with Crippen LogP contribution in [0.3, 0.4) is 0 Å². The number of thiazole rings is 1. The van der Waals surface area contributed by atoms with Gasteiger partial charge in [0.15, 0.2) is 5.13 Å². The van der Waals surface area contributed by atoms with E-state index in [1.54, 1.807) is 5.38 Å². The Labute approximate surface area is 162 Å². The van der Waals surface area contributed by atoms with E-state index < -0.39 is 11.2 Å². The molecule has 0 saturated heterocycles. The van der Waals surface area contributed by atoms with Gasteiger partial charge in [-0.1, -0.05) is 28.9 Å². The summed E-state index contributed by atoms with van der Waals surface area (Å²) in [7, 11) is 1.45. The highest BCUT2D eigenvalue weighted by molar-refractivity contribution is 9.10. The molecule has 26 heavy (non-hydrogen) atoms. The molecule has 0 amide bonds. The summed E-state index contributed by atoms with van der Waals surface area (Å²) in [6, 6.07) is 7.69. The second kappa shape index (κ2) is 7.46. The molecule has 3 rings (SSSR count). The van der Waals surface area contributed by atoms with Gasteiger partial charge in [0.25, 0.3) is 5.56 Å². The molecule has 2 heterocycles. The number of halogens is 1. The van der Waals surface area contributed by atoms with Gasteiger partial charge in [-0.25, -0.2) is 9.78 Å². The van der Waals surface area contributed by atoms with Gasteiger partial charge in [0.05, 0.1) is 5.69 Å². The first-order valence-corrected chi connectivity index (χ1v) is 9.67. The number of nitrogens with one attached hydrogen (secondary N) is 1. The topological polar surface area (TPSA) is 94.9 Å². The third kappa shape index (κ3) is 3.45. The second-order valence-corrected chi connectivity index (χ2v) is 7.51. The number of rotatable bonds is 5. The van der Waals surface area contributed by atoms with Crippen LogP contribution in [-0.4, -0.2) is 14.1 Å². The minimum atomic E-state index is -0.445. The average molecular weight is 436 g/mol. The van der Waals surface area contributed by atoms with Crippen molar-refractivity contribution in [3.05, 3.63) is 55.0 Å². The second-order valence-electron chi connectivity index (χ2n) is 5.73. The largest absolute Gasteiger partial charge is 0.384 e. The molecular weight excluding hydrogens is 418 g/mol. The number of nitrogens with zero attached hydrogens (tertiary/aromatic N) is 3. The van der Waals surface area contributed by atoms with E-state index in [1.807, 2.05) is 31.2 Å². The Morgan fingerprint density at radius 3 is 2.81 bits per heavy atom. The lowest BCUT2D eigenvalue weighted by molar-refractivity contribution is 0.600. The number of hydrogen-bond donors (Lipinski definition) is 2. The molecule has 9 heteroatoms. The molecule has 7 nitrogen and oxygen atoms in total. The molecule has 3 aromatic rings. The summed E-state index contributed by atoms with van der Waals surface area (Å²) in [6.07, 6.45) is 0.731. The molecule has 0 aliphatic carbocycles. The van der Waals surface area contributed by atoms with E-state index >= 15 is 0 Å². The van der Waals surface area contributed by atoms with Gasteiger partial charge in [-0.3, -0.25) is 13.9 Å². The summed E-state index contributed by atoms with van der Waals surface area (Å²) >= 11 is 4.79. The van der Waals surface area contributed by atoms with E-state index in [2.05, 4.69) is 26.2 Å². The van der Waals surface area contributed by atoms with Gasteiger partial charge in [-0.15, -0.1) is 11.3 Å². The minimum Gasteiger partial charge on any atom is -0.384 e. The van der Waals surface area contributed by atoms with Gasteiger partial charge >= 0.3 is 5.69 Å². The van der Waals surface area contributed by atoms with E-state index in [0.717, 1.165) is 21.1 Å². The van der Waals surface area contributed by atoms with Crippen LogP contribution in [-0.2, 0) is 13.6 Å². The van der Waals surface area contributed by atoms with Crippen molar-refractivity contribution >= 4 is 43.9 Å². The molecule has 0 atom stereocenters. The standard InChI is InChI=1S/C17H18BrN5O2S/c1-3-7-23-14(19)13(15(24)22(2)17(23)25)12-9-26-16(21-12)20-11-6-4-5-10(18)8-11/h4-6,8-9H,3,7,19H2,1-2H3,(H,20,21). The van der Waals surface area contributed by atoms with Crippen molar-refractivity contribution in [3.63, 3.8) is 0 Å². The number of aromatic nitrogens is 3. The van der Waals surface area contributed by atoms with Gasteiger partial charge < -0.3 is 11.1 Å². The molecule has 0 aliphatic rings. The Hall–Kier alpha value is -2.39. The Kier molecular flexibility index (Phi) is 5.28. The lowest BCUT2D eigenvalue weighted by Crippen LogP contribution is -2.40. The molecular formula is C17H18BrN5O2S. The van der Waals surface area contributed by atoms with Gasteiger partial charge in [-0.05, 0) is 24.6 Å². The van der Waals surface area contributed by atoms with Crippen LogP contribution in [0.2, 0.25) is 0 Å². The van der Waals surface area contributed by atoms with E-state index in [9.17, 15) is 9.59 Å². The van der Waals surface area contributed by atoms with Crippen molar-refractivity contribution in [2.24, 2.45) is 7.05 Å². The van der Waals surface area contributed by atoms with Crippen molar-refractivity contribution in [2.75, 3.05) is 11.1 Å². The zero-order valence-electron chi connectivity index (χ0n) is 14.3. The van der Waals surface area contributed by atoms with Crippen LogP contribution in [0, 0.1) is 0 Å². The first kappa shape index (κ1) is 18.4. The molecule has 3 N–H and O–H groups in total. The van der Waals surface area contributed by atoms with Gasteiger partial charge in [0.1, 0.15) is 11.4 Å². The maximum atomic E-state index is 12.6. The van der Waals surface area contributed by atoms with Crippen LogP contribution in [0.15, 0.2) is 43.7 Å². The van der Waals surface area contributed by atoms with Gasteiger partial charge in [0.2, 0.25) is 0 Å². The summed E-state index contributed by atoms with van der Waals surface area (Å²) in [5.41, 5.74) is 6.86. The van der Waals surface area contributed by atoms with Crippen LogP contribution in [0.5, 0.6) is 0 Å². The highest BCUT2D eigenvalue weighted by atomic mass is 79.9. The van der Waals surface area contributed by atoms with Crippen molar-refractivity contribution in [1.29, 1.82) is 0 Å². The van der Waals surface area contributed by atoms with Crippen molar-refractivity contribution in [3.8, 4) is 11.3 Å². The predicted octanol–water partition coefficient (Wildman–Crippen LogP) is 3.17. The Balaban J connectivity index is 2.04. The summed E-state index contributed by atoms with van der Waals surface area (Å²) in [6.45, 7) is 2.39. The van der Waals surface area contributed by atoms with Crippen LogP contribution in [0.1, 0.15) is 13.3 Å². The molecule has 0 bridgehead atoms. The molecule has 0 saturated carbocycles. The molecule has 0 radical (unpaired) electrons. The lowest BCUT2D eigenvalue weighted by Gasteiger charge is -2.13. The summed E-state index contributed by atoms with van der Waals surface area (Å²) < 4.78 is 3.43. The molecule has 2 aromatic heterocycles. The molecule has 0 fully saturated rings. The Morgan fingerprint density at radius 2 is 2.12 bits per heavy atom. The van der Waals surface area contributed by atoms with Crippen LogP contribution in [0.25, 0.3) is 11.3 Å². The van der Waals surface area contributed by atoms with E-state index in [0.29, 0.717) is 17.4 Å². The SMILES string of the molecule is CCCn1c(N)c(-c2csc(Nc3cccc(Br)c3)n2)c(=O)n(C)c1=O. The Bertz CT molecular complexity index is 1070. The fourth-order valence-corrected chi connectivity index (χ4v) is 3.72. The third-order valence-electron chi connectivity index (χ3n) is 3.87. The number of hydrogen-bond acceptors (Lipinski definition) is 6. The van der Waals surface area contributed by atoms with Gasteiger partial charge in [-0.2, -0.15) is 0 Å². The van der Waals surface area contributed by atoms with Crippen LogP contribution < -0.4 is 22.3 Å². The zero-order valence-corrected chi connectivity index (χ0v) is 16.7. The van der Waals surface area contributed by atoms with Crippen molar-refractivity contribution in [1.82, 2.24) is 14.1 Å². The van der Waals surface area contributed by atoms with Crippen molar-refractivity contribution < 1.29 is 0 Å². The first-order chi connectivity index (χ1) is 12.4. The van der Waals surface area contributed by atoms with Crippen molar-refractivity contribution in [2.45, 2.75) is 19.9 Å². The molecule has 1 aromatic carbocycles. The third-order valence-corrected chi connectivity index (χ3v) is 5.12. The molecule has 0 spiro atoms. The minimum absolute atomic E-state index is 0.152. The maximum Gasteiger partial charge on any atom is 0.332 e. The highest BCUT2D eigenvalue weighted by Gasteiger charge is 2.19. The summed E-state index contributed by atoms with van der Waals surface area (Å²) in [5, 5.41) is 5.59. The average Bonchev–Trinajstić information content (AvgIpc) is 3.05. The van der Waals surface area contributed by atoms with Gasteiger partial charge in [0, 0.05) is 29.1 Å². The van der Waals surface area contributed by atoms with E-state index in [1.165, 1.54) is 23.0 Å². The monoisotopic (exact) mass is 435 g/mol. The maximum absolute atomic E-state index is 12.6. The lowest BCUT2D eigenvalue weighted by atomic mass is 10.2. The number of nitrogen functional groups attached to an aromatic ring is 1. The summed E-state index contributed by atoms with van der Waals surface area (Å²) in [5.74, 6) is 0.152. The molecule has 136 valence electrons. The smallest absolute Gasteiger partial charge is 0.332 e.